The number of nitrogens with two attached hydrogens (primary N) is 1. The topological polar surface area (TPSA) is 186 Å². The van der Waals surface area contributed by atoms with Gasteiger partial charge in [-0.2, -0.15) is 15.0 Å². The van der Waals surface area contributed by atoms with Crippen molar-refractivity contribution in [3.8, 4) is 17.4 Å². The fourth-order valence-electron chi connectivity index (χ4n) is 4.89. The molecule has 0 aliphatic carbocycles. The van der Waals surface area contributed by atoms with Crippen molar-refractivity contribution in [3.05, 3.63) is 78.4 Å². The minimum atomic E-state index is -0.433. The zero-order valence-electron chi connectivity index (χ0n) is 26.7. The Bertz CT molecular complexity index is 1690. The minimum Gasteiger partial charge on any atom is -0.467 e. The van der Waals surface area contributed by atoms with Crippen molar-refractivity contribution in [1.29, 1.82) is 0 Å². The van der Waals surface area contributed by atoms with Crippen molar-refractivity contribution in [2.45, 2.75) is 25.7 Å². The Morgan fingerprint density at radius 1 is 0.833 bits per heavy atom. The number of ether oxygens (including phenoxy) is 2. The molecule has 1 aliphatic rings. The Labute approximate surface area is 278 Å². The first kappa shape index (κ1) is 33.6. The predicted molar refractivity (Wildman–Crippen MR) is 184 cm³/mol. The summed E-state index contributed by atoms with van der Waals surface area (Å²) in [6, 6.07) is 20.7. The van der Waals surface area contributed by atoms with Crippen LogP contribution in [-0.2, 0) is 9.53 Å². The Hall–Kier alpha value is -5.76. The first-order chi connectivity index (χ1) is 23.4. The average Bonchev–Trinajstić information content (AvgIpc) is 3.11. The second kappa shape index (κ2) is 16.7. The summed E-state index contributed by atoms with van der Waals surface area (Å²) >= 11 is 0. The van der Waals surface area contributed by atoms with Crippen LogP contribution >= 0.6 is 0 Å². The second-order valence-electron chi connectivity index (χ2n) is 11.0. The molecule has 14 nitrogen and oxygen atoms in total. The molecule has 0 bridgehead atoms. The van der Waals surface area contributed by atoms with Crippen molar-refractivity contribution in [3.63, 3.8) is 0 Å². The molecule has 0 unspecified atom stereocenters. The van der Waals surface area contributed by atoms with Gasteiger partial charge < -0.3 is 41.4 Å². The molecular weight excluding hydrogens is 614 g/mol. The first-order valence-electron chi connectivity index (χ1n) is 15.7. The number of nitrogen functional groups attached to an aromatic ring is 1. The number of hydrogen-bond acceptors (Lipinski definition) is 10. The fraction of sp³-hybridized carbons (Fsp3) is 0.294. The van der Waals surface area contributed by atoms with E-state index in [1.807, 2.05) is 17.0 Å². The van der Waals surface area contributed by atoms with E-state index in [2.05, 4.69) is 36.2 Å². The van der Waals surface area contributed by atoms with Crippen molar-refractivity contribution < 1.29 is 23.9 Å². The second-order valence-corrected chi connectivity index (χ2v) is 11.0. The lowest BCUT2D eigenvalue weighted by Crippen LogP contribution is -2.37. The number of morpholine rings is 1. The monoisotopic (exact) mass is 653 g/mol. The molecule has 0 atom stereocenters. The van der Waals surface area contributed by atoms with Gasteiger partial charge in [0.2, 0.25) is 11.9 Å². The fourth-order valence-corrected chi connectivity index (χ4v) is 4.89. The molecule has 6 N–H and O–H groups in total. The number of para-hydroxylation sites is 2. The third-order valence-corrected chi connectivity index (χ3v) is 7.49. The van der Waals surface area contributed by atoms with Crippen molar-refractivity contribution in [1.82, 2.24) is 20.3 Å². The zero-order chi connectivity index (χ0) is 33.7. The van der Waals surface area contributed by atoms with Gasteiger partial charge in [-0.05, 0) is 73.5 Å². The van der Waals surface area contributed by atoms with E-state index in [9.17, 15) is 14.4 Å². The number of rotatable bonds is 13. The van der Waals surface area contributed by atoms with E-state index in [0.717, 1.165) is 18.4 Å². The van der Waals surface area contributed by atoms with Gasteiger partial charge in [0.15, 0.2) is 5.82 Å². The summed E-state index contributed by atoms with van der Waals surface area (Å²) in [5.41, 5.74) is 9.31. The highest BCUT2D eigenvalue weighted by Gasteiger charge is 2.18. The molecule has 0 radical (unpaired) electrons. The standard InChI is InChI=1S/C34H39N9O5/c1-47-34-41-30(40-32(42-34)43-19-21-48-22-20-43)23-10-14-25(15-11-23)37-33(46)38-26-16-12-24(13-17-26)31(45)36-18-6-2-3-9-29(44)39-28-8-5-4-7-27(28)35/h4-5,7-8,10-17H,2-3,6,9,18-22,35H2,1H3,(H,36,45)(H,39,44)(H2,37,38,46). The lowest BCUT2D eigenvalue weighted by Gasteiger charge is -2.26. The summed E-state index contributed by atoms with van der Waals surface area (Å²) in [6.07, 6.45) is 2.61. The zero-order valence-corrected chi connectivity index (χ0v) is 26.7. The van der Waals surface area contributed by atoms with Crippen LogP contribution < -0.4 is 36.6 Å². The molecule has 3 aromatic carbocycles. The lowest BCUT2D eigenvalue weighted by molar-refractivity contribution is -0.116. The molecule has 1 saturated heterocycles. The lowest BCUT2D eigenvalue weighted by atomic mass is 10.1. The Morgan fingerprint density at radius 3 is 2.21 bits per heavy atom. The third kappa shape index (κ3) is 9.62. The molecule has 1 fully saturated rings. The van der Waals surface area contributed by atoms with Gasteiger partial charge in [-0.3, -0.25) is 9.59 Å². The Balaban J connectivity index is 1.03. The molecule has 4 aromatic rings. The molecule has 2 heterocycles. The van der Waals surface area contributed by atoms with E-state index in [4.69, 9.17) is 15.2 Å². The van der Waals surface area contributed by atoms with Gasteiger partial charge in [-0.1, -0.05) is 18.6 Å². The normalized spacial score (nSPS) is 12.6. The number of nitrogens with one attached hydrogen (secondary N) is 4. The van der Waals surface area contributed by atoms with Crippen LogP contribution in [0.4, 0.5) is 33.5 Å². The summed E-state index contributed by atoms with van der Waals surface area (Å²) in [4.78, 5) is 52.7. The van der Waals surface area contributed by atoms with Crippen molar-refractivity contribution in [2.75, 3.05) is 66.5 Å². The van der Waals surface area contributed by atoms with Gasteiger partial charge in [0.25, 0.3) is 5.91 Å². The van der Waals surface area contributed by atoms with Crippen LogP contribution in [0.2, 0.25) is 0 Å². The smallest absolute Gasteiger partial charge is 0.323 e. The molecule has 0 saturated carbocycles. The van der Waals surface area contributed by atoms with Crippen molar-refractivity contribution in [2.24, 2.45) is 0 Å². The highest BCUT2D eigenvalue weighted by Crippen LogP contribution is 2.23. The SMILES string of the molecule is COc1nc(-c2ccc(NC(=O)Nc3ccc(C(=O)NCCCCCC(=O)Nc4ccccc4N)cc3)cc2)nc(N2CCOCC2)n1. The quantitative estimate of drug-likeness (QED) is 0.101. The Kier molecular flexibility index (Phi) is 11.7. The van der Waals surface area contributed by atoms with Crippen LogP contribution in [-0.4, -0.2) is 72.8 Å². The summed E-state index contributed by atoms with van der Waals surface area (Å²) < 4.78 is 10.7. The largest absolute Gasteiger partial charge is 0.467 e. The number of anilines is 5. The molecule has 4 amide bonds. The minimum absolute atomic E-state index is 0.0898. The number of amides is 4. The van der Waals surface area contributed by atoms with Crippen LogP contribution in [0.25, 0.3) is 11.4 Å². The van der Waals surface area contributed by atoms with Gasteiger partial charge in [-0.25, -0.2) is 4.79 Å². The van der Waals surface area contributed by atoms with E-state index in [1.54, 1.807) is 60.7 Å². The Morgan fingerprint density at radius 2 is 1.52 bits per heavy atom. The third-order valence-electron chi connectivity index (χ3n) is 7.49. The number of carbonyl (C=O) groups excluding carboxylic acids is 3. The van der Waals surface area contributed by atoms with Gasteiger partial charge in [0.1, 0.15) is 0 Å². The molecule has 1 aliphatic heterocycles. The van der Waals surface area contributed by atoms with E-state index in [0.29, 0.717) is 85.8 Å². The average molecular weight is 654 g/mol. The van der Waals surface area contributed by atoms with E-state index in [1.165, 1.54) is 7.11 Å². The molecule has 5 rings (SSSR count). The maximum absolute atomic E-state index is 12.6. The van der Waals surface area contributed by atoms with Crippen LogP contribution in [0.15, 0.2) is 72.8 Å². The van der Waals surface area contributed by atoms with Gasteiger partial charge in [0.05, 0.1) is 31.7 Å². The highest BCUT2D eigenvalue weighted by atomic mass is 16.5. The predicted octanol–water partition coefficient (Wildman–Crippen LogP) is 4.54. The maximum atomic E-state index is 12.6. The number of urea groups is 1. The summed E-state index contributed by atoms with van der Waals surface area (Å²) in [5.74, 6) is 0.678. The summed E-state index contributed by atoms with van der Waals surface area (Å²) in [5, 5.41) is 11.3. The highest BCUT2D eigenvalue weighted by molar-refractivity contribution is 6.00. The van der Waals surface area contributed by atoms with Crippen LogP contribution in [0, 0.1) is 0 Å². The van der Waals surface area contributed by atoms with E-state index >= 15 is 0 Å². The summed E-state index contributed by atoms with van der Waals surface area (Å²) in [6.45, 7) is 3.05. The molecular formula is C34H39N9O5. The number of nitrogens with zero attached hydrogens (tertiary/aromatic N) is 4. The van der Waals surface area contributed by atoms with E-state index < -0.39 is 6.03 Å². The van der Waals surface area contributed by atoms with E-state index in [-0.39, 0.29) is 17.8 Å². The number of benzene rings is 3. The molecule has 1 aromatic heterocycles. The summed E-state index contributed by atoms with van der Waals surface area (Å²) in [7, 11) is 1.51. The van der Waals surface area contributed by atoms with Gasteiger partial charge in [-0.15, -0.1) is 0 Å². The van der Waals surface area contributed by atoms with Gasteiger partial charge >= 0.3 is 12.0 Å². The molecule has 48 heavy (non-hydrogen) atoms. The first-order valence-corrected chi connectivity index (χ1v) is 15.7. The van der Waals surface area contributed by atoms with Crippen molar-refractivity contribution >= 4 is 46.5 Å². The molecule has 14 heteroatoms. The van der Waals surface area contributed by atoms with Crippen LogP contribution in [0.1, 0.15) is 36.0 Å². The number of hydrogen-bond donors (Lipinski definition) is 5. The number of methoxy groups -OCH3 is 1. The number of aromatic nitrogens is 3. The van der Waals surface area contributed by atoms with Gasteiger partial charge in [0, 0.05) is 48.6 Å². The maximum Gasteiger partial charge on any atom is 0.323 e. The number of carbonyl (C=O) groups is 3. The molecule has 250 valence electrons. The van der Waals surface area contributed by atoms with Crippen LogP contribution in [0.5, 0.6) is 6.01 Å². The molecule has 0 spiro atoms. The number of unbranched alkanes of at least 4 members (excludes halogenated alkanes) is 2. The van der Waals surface area contributed by atoms with Crippen LogP contribution in [0.3, 0.4) is 0 Å².